The maximum atomic E-state index is 9.58. The maximum Gasteiger partial charge on any atom is 0.222 e. The van der Waals surface area contributed by atoms with E-state index in [-0.39, 0.29) is 17.5 Å². The van der Waals surface area contributed by atoms with Crippen LogP contribution >= 0.6 is 0 Å². The maximum absolute atomic E-state index is 9.58. The Bertz CT molecular complexity index is 1060. The van der Waals surface area contributed by atoms with Crippen molar-refractivity contribution >= 4 is 11.8 Å². The number of nitrogens with two attached hydrogens (primary N) is 1. The molecule has 1 atom stereocenters. The molecule has 0 aliphatic carbocycles. The molecule has 0 spiro atoms. The third-order valence-electron chi connectivity index (χ3n) is 4.88. The van der Waals surface area contributed by atoms with Crippen LogP contribution in [0.1, 0.15) is 18.4 Å². The van der Waals surface area contributed by atoms with Crippen molar-refractivity contribution < 1.29 is 9.47 Å². The van der Waals surface area contributed by atoms with Gasteiger partial charge in [0.15, 0.2) is 0 Å². The lowest BCUT2D eigenvalue weighted by atomic mass is 10.0. The lowest BCUT2D eigenvalue weighted by Crippen LogP contribution is -2.19. The minimum Gasteiger partial charge on any atom is -0.481 e. The first kappa shape index (κ1) is 19.5. The van der Waals surface area contributed by atoms with E-state index < -0.39 is 0 Å². The Morgan fingerprint density at radius 2 is 2.03 bits per heavy atom. The van der Waals surface area contributed by atoms with Crippen LogP contribution in [0.25, 0.3) is 22.4 Å². The molecule has 30 heavy (non-hydrogen) atoms. The van der Waals surface area contributed by atoms with E-state index in [1.54, 1.807) is 37.8 Å². The second kappa shape index (κ2) is 8.71. The molecule has 3 aromatic heterocycles. The third kappa shape index (κ3) is 4.14. The molecule has 1 unspecified atom stereocenters. The molecule has 3 N–H and O–H groups in total. The van der Waals surface area contributed by atoms with Crippen LogP contribution in [0.5, 0.6) is 5.88 Å². The summed E-state index contributed by atoms with van der Waals surface area (Å²) in [5.41, 5.74) is 8.98. The van der Waals surface area contributed by atoms with Crippen LogP contribution in [0.4, 0.5) is 11.8 Å². The van der Waals surface area contributed by atoms with Crippen molar-refractivity contribution in [3.63, 3.8) is 0 Å². The molecule has 152 valence electrons. The number of nitrogens with one attached hydrogen (secondary N) is 1. The van der Waals surface area contributed by atoms with Gasteiger partial charge in [-0.2, -0.15) is 5.26 Å². The van der Waals surface area contributed by atoms with E-state index in [0.29, 0.717) is 35.2 Å². The number of nitrogens with zero attached hydrogens (tertiary/aromatic N) is 5. The van der Waals surface area contributed by atoms with E-state index in [9.17, 15) is 5.26 Å². The molecule has 1 aliphatic heterocycles. The van der Waals surface area contributed by atoms with Gasteiger partial charge >= 0.3 is 0 Å². The number of methoxy groups -OCH3 is 1. The zero-order chi connectivity index (χ0) is 20.9. The molecule has 9 heteroatoms. The number of ether oxygens (including phenoxy) is 2. The fourth-order valence-corrected chi connectivity index (χ4v) is 3.28. The van der Waals surface area contributed by atoms with Crippen molar-refractivity contribution in [2.24, 2.45) is 0 Å². The van der Waals surface area contributed by atoms with Gasteiger partial charge in [0.25, 0.3) is 0 Å². The SMILES string of the molecule is COc1ccc(-c2cc(-c3cnc(NCC4CCCO4)nc3)c(C#N)c(N)n2)cn1. The molecule has 0 amide bonds. The lowest BCUT2D eigenvalue weighted by molar-refractivity contribution is 0.120. The standard InChI is InChI=1S/C21H21N7O2/c1-29-19-5-4-13(9-24-19)18-7-16(17(8-22)20(23)28-18)14-10-25-21(26-11-14)27-12-15-3-2-6-30-15/h4-5,7,9-11,15H,2-3,6,12H2,1H3,(H2,23,28)(H,25,26,27). The number of hydrogen-bond donors (Lipinski definition) is 2. The molecule has 0 saturated carbocycles. The zero-order valence-electron chi connectivity index (χ0n) is 16.5. The Kier molecular flexibility index (Phi) is 5.68. The molecule has 3 aromatic rings. The summed E-state index contributed by atoms with van der Waals surface area (Å²) in [6, 6.07) is 7.48. The second-order valence-corrected chi connectivity index (χ2v) is 6.83. The molecule has 1 saturated heterocycles. The molecule has 0 radical (unpaired) electrons. The predicted octanol–water partition coefficient (Wildman–Crippen LogP) is 2.65. The van der Waals surface area contributed by atoms with E-state index in [2.05, 4.69) is 31.3 Å². The highest BCUT2D eigenvalue weighted by Gasteiger charge is 2.17. The quantitative estimate of drug-likeness (QED) is 0.637. The first-order valence-corrected chi connectivity index (χ1v) is 9.57. The molecule has 1 fully saturated rings. The third-order valence-corrected chi connectivity index (χ3v) is 4.88. The van der Waals surface area contributed by atoms with Gasteiger partial charge in [-0.1, -0.05) is 0 Å². The molecular formula is C21H21N7O2. The van der Waals surface area contributed by atoms with Gasteiger partial charge in [-0.15, -0.1) is 0 Å². The van der Waals surface area contributed by atoms with Gasteiger partial charge < -0.3 is 20.5 Å². The highest BCUT2D eigenvalue weighted by molar-refractivity contribution is 5.79. The second-order valence-electron chi connectivity index (χ2n) is 6.83. The highest BCUT2D eigenvalue weighted by Crippen LogP contribution is 2.31. The molecule has 0 bridgehead atoms. The summed E-state index contributed by atoms with van der Waals surface area (Å²) in [6.07, 6.45) is 7.28. The van der Waals surface area contributed by atoms with Gasteiger partial charge in [0.05, 0.1) is 18.9 Å². The summed E-state index contributed by atoms with van der Waals surface area (Å²) in [5.74, 6) is 1.15. The molecule has 4 rings (SSSR count). The first-order chi connectivity index (χ1) is 14.7. The lowest BCUT2D eigenvalue weighted by Gasteiger charge is -2.12. The average molecular weight is 403 g/mol. The fourth-order valence-electron chi connectivity index (χ4n) is 3.28. The van der Waals surface area contributed by atoms with Crippen molar-refractivity contribution in [1.82, 2.24) is 19.9 Å². The molecule has 0 aromatic carbocycles. The van der Waals surface area contributed by atoms with Gasteiger partial charge in [-0.05, 0) is 25.0 Å². The van der Waals surface area contributed by atoms with Crippen LogP contribution in [0, 0.1) is 11.3 Å². The first-order valence-electron chi connectivity index (χ1n) is 9.57. The van der Waals surface area contributed by atoms with Gasteiger partial charge in [-0.25, -0.2) is 19.9 Å². The Morgan fingerprint density at radius 1 is 1.23 bits per heavy atom. The van der Waals surface area contributed by atoms with Crippen molar-refractivity contribution in [3.8, 4) is 34.3 Å². The van der Waals surface area contributed by atoms with Gasteiger partial charge in [-0.3, -0.25) is 0 Å². The van der Waals surface area contributed by atoms with Crippen LogP contribution < -0.4 is 15.8 Å². The molecular weight excluding hydrogens is 382 g/mol. The monoisotopic (exact) mass is 403 g/mol. The van der Waals surface area contributed by atoms with Crippen molar-refractivity contribution in [2.45, 2.75) is 18.9 Å². The summed E-state index contributed by atoms with van der Waals surface area (Å²) >= 11 is 0. The van der Waals surface area contributed by atoms with E-state index in [1.165, 1.54) is 0 Å². The predicted molar refractivity (Wildman–Crippen MR) is 112 cm³/mol. The number of rotatable bonds is 6. The summed E-state index contributed by atoms with van der Waals surface area (Å²) in [6.45, 7) is 1.47. The van der Waals surface area contributed by atoms with Crippen LogP contribution in [0.2, 0.25) is 0 Å². The van der Waals surface area contributed by atoms with Gasteiger partial charge in [0, 0.05) is 54.5 Å². The average Bonchev–Trinajstić information content (AvgIpc) is 3.31. The number of anilines is 2. The largest absolute Gasteiger partial charge is 0.481 e. The Morgan fingerprint density at radius 3 is 2.67 bits per heavy atom. The molecule has 4 heterocycles. The van der Waals surface area contributed by atoms with E-state index in [1.807, 2.05) is 6.07 Å². The van der Waals surface area contributed by atoms with E-state index in [0.717, 1.165) is 25.0 Å². The molecule has 9 nitrogen and oxygen atoms in total. The van der Waals surface area contributed by atoms with Crippen molar-refractivity contribution in [2.75, 3.05) is 31.3 Å². The summed E-state index contributed by atoms with van der Waals surface area (Å²) in [4.78, 5) is 17.3. The Balaban J connectivity index is 1.61. The number of nitrogen functional groups attached to an aromatic ring is 1. The van der Waals surface area contributed by atoms with Crippen molar-refractivity contribution in [1.29, 1.82) is 5.26 Å². The topological polar surface area (TPSA) is 132 Å². The number of nitriles is 1. The van der Waals surface area contributed by atoms with Crippen LogP contribution in [-0.4, -0.2) is 46.3 Å². The minimum atomic E-state index is 0.140. The van der Waals surface area contributed by atoms with Crippen LogP contribution in [0.15, 0.2) is 36.8 Å². The summed E-state index contributed by atoms with van der Waals surface area (Å²) < 4.78 is 10.7. The zero-order valence-corrected chi connectivity index (χ0v) is 16.5. The Labute approximate surface area is 173 Å². The highest BCUT2D eigenvalue weighted by atomic mass is 16.5. The summed E-state index contributed by atoms with van der Waals surface area (Å²) in [5, 5.41) is 12.8. The smallest absolute Gasteiger partial charge is 0.222 e. The van der Waals surface area contributed by atoms with E-state index in [4.69, 9.17) is 15.2 Å². The van der Waals surface area contributed by atoms with Gasteiger partial charge in [0.2, 0.25) is 11.8 Å². The van der Waals surface area contributed by atoms with E-state index >= 15 is 0 Å². The van der Waals surface area contributed by atoms with Gasteiger partial charge in [0.1, 0.15) is 17.5 Å². The van der Waals surface area contributed by atoms with Crippen LogP contribution in [-0.2, 0) is 4.74 Å². The summed E-state index contributed by atoms with van der Waals surface area (Å²) in [7, 11) is 1.55. The van der Waals surface area contributed by atoms with Crippen LogP contribution in [0.3, 0.4) is 0 Å². The number of hydrogen-bond acceptors (Lipinski definition) is 9. The fraction of sp³-hybridized carbons (Fsp3) is 0.286. The Hall–Kier alpha value is -3.77. The number of aromatic nitrogens is 4. The normalized spacial score (nSPS) is 15.5. The molecule has 1 aliphatic rings. The number of pyridine rings is 2. The van der Waals surface area contributed by atoms with Crippen molar-refractivity contribution in [3.05, 3.63) is 42.4 Å². The minimum absolute atomic E-state index is 0.140.